The molecule has 0 amide bonds. The summed E-state index contributed by atoms with van der Waals surface area (Å²) in [6.07, 6.45) is 2.64. The summed E-state index contributed by atoms with van der Waals surface area (Å²) in [6, 6.07) is 7.75. The first-order valence-electron chi connectivity index (χ1n) is 6.12. The lowest BCUT2D eigenvalue weighted by molar-refractivity contribution is 0.0946. The van der Waals surface area contributed by atoms with E-state index >= 15 is 0 Å². The molecular weight excluding hydrogens is 404 g/mol. The Labute approximate surface area is 139 Å². The van der Waals surface area contributed by atoms with E-state index in [-0.39, 0.29) is 5.78 Å². The summed E-state index contributed by atoms with van der Waals surface area (Å²) in [5.41, 5.74) is 1.79. The third-order valence-corrected chi connectivity index (χ3v) is 5.19. The number of hydrogen-bond donors (Lipinski definition) is 0. The van der Waals surface area contributed by atoms with Crippen LogP contribution in [-0.4, -0.2) is 35.8 Å². The van der Waals surface area contributed by atoms with Crippen LogP contribution in [0.1, 0.15) is 16.1 Å². The molecule has 0 aromatic carbocycles. The van der Waals surface area contributed by atoms with Crippen LogP contribution in [0.5, 0.6) is 0 Å². The Morgan fingerprint density at radius 2 is 2.20 bits per heavy atom. The molecule has 6 heteroatoms. The van der Waals surface area contributed by atoms with E-state index in [1.165, 1.54) is 11.3 Å². The lowest BCUT2D eigenvalue weighted by Crippen LogP contribution is -2.28. The van der Waals surface area contributed by atoms with Gasteiger partial charge in [0.15, 0.2) is 5.78 Å². The lowest BCUT2D eigenvalue weighted by Gasteiger charge is -2.15. The van der Waals surface area contributed by atoms with Crippen molar-refractivity contribution >= 4 is 49.0 Å². The summed E-state index contributed by atoms with van der Waals surface area (Å²) >= 11 is 8.33. The minimum Gasteiger partial charge on any atom is -0.299 e. The minimum absolute atomic E-state index is 0.127. The zero-order valence-electron chi connectivity index (χ0n) is 11.0. The van der Waals surface area contributed by atoms with Gasteiger partial charge < -0.3 is 0 Å². The number of likely N-dealkylation sites (N-methyl/N-ethyl adjacent to an activating group) is 1. The van der Waals surface area contributed by atoms with Crippen LogP contribution in [0, 0.1) is 0 Å². The van der Waals surface area contributed by atoms with Gasteiger partial charge in [0.1, 0.15) is 0 Å². The number of thiophene rings is 1. The van der Waals surface area contributed by atoms with Crippen LogP contribution in [0.15, 0.2) is 38.0 Å². The molecule has 2 heterocycles. The van der Waals surface area contributed by atoms with Crippen LogP contribution >= 0.6 is 43.2 Å². The first-order chi connectivity index (χ1) is 9.56. The van der Waals surface area contributed by atoms with Gasteiger partial charge in [-0.05, 0) is 57.1 Å². The summed E-state index contributed by atoms with van der Waals surface area (Å²) < 4.78 is 1.84. The first-order valence-corrected chi connectivity index (χ1v) is 8.53. The largest absolute Gasteiger partial charge is 0.299 e. The van der Waals surface area contributed by atoms with Crippen molar-refractivity contribution in [3.05, 3.63) is 49.3 Å². The van der Waals surface area contributed by atoms with Gasteiger partial charge in [0.05, 0.1) is 14.1 Å². The number of ketones is 1. The maximum absolute atomic E-state index is 12.2. The standard InChI is InChI=1S/C14H14Br2N2OS/c1-18(7-5-10-4-2-3-6-17-10)9-12(19)11-8-13(15)20-14(11)16/h2-4,6,8H,5,7,9H2,1H3. The number of Topliss-reactive ketones (excluding diaryl/α,β-unsaturated/α-hetero) is 1. The SMILES string of the molecule is CN(CCc1ccccn1)CC(=O)c1cc(Br)sc1Br. The Hall–Kier alpha value is -0.560. The third-order valence-electron chi connectivity index (χ3n) is 2.85. The maximum Gasteiger partial charge on any atom is 0.178 e. The second-order valence-electron chi connectivity index (χ2n) is 4.47. The van der Waals surface area contributed by atoms with Crippen molar-refractivity contribution in [1.82, 2.24) is 9.88 Å². The van der Waals surface area contributed by atoms with Crippen molar-refractivity contribution in [2.24, 2.45) is 0 Å². The number of nitrogens with zero attached hydrogens (tertiary/aromatic N) is 2. The molecule has 0 aliphatic carbocycles. The number of pyridine rings is 1. The fourth-order valence-corrected chi connectivity index (χ4v) is 4.65. The fourth-order valence-electron chi connectivity index (χ4n) is 1.79. The first kappa shape index (κ1) is 15.8. The van der Waals surface area contributed by atoms with Gasteiger partial charge in [0.2, 0.25) is 0 Å². The van der Waals surface area contributed by atoms with Gasteiger partial charge in [-0.1, -0.05) is 6.07 Å². The van der Waals surface area contributed by atoms with E-state index in [2.05, 4.69) is 36.8 Å². The average Bonchev–Trinajstić information content (AvgIpc) is 2.77. The smallest absolute Gasteiger partial charge is 0.178 e. The van der Waals surface area contributed by atoms with Crippen molar-refractivity contribution in [2.75, 3.05) is 20.1 Å². The van der Waals surface area contributed by atoms with Gasteiger partial charge in [-0.25, -0.2) is 0 Å². The zero-order chi connectivity index (χ0) is 14.5. The lowest BCUT2D eigenvalue weighted by atomic mass is 10.2. The molecule has 0 fully saturated rings. The van der Waals surface area contributed by atoms with Crippen LogP contribution in [0.2, 0.25) is 0 Å². The summed E-state index contributed by atoms with van der Waals surface area (Å²) in [4.78, 5) is 18.5. The number of carbonyl (C=O) groups excluding carboxylic acids is 1. The monoisotopic (exact) mass is 416 g/mol. The van der Waals surface area contributed by atoms with E-state index < -0.39 is 0 Å². The molecule has 0 radical (unpaired) electrons. The molecule has 0 saturated carbocycles. The summed E-state index contributed by atoms with van der Waals surface area (Å²) in [5.74, 6) is 0.127. The van der Waals surface area contributed by atoms with Crippen LogP contribution < -0.4 is 0 Å². The van der Waals surface area contributed by atoms with Crippen molar-refractivity contribution in [1.29, 1.82) is 0 Å². The highest BCUT2D eigenvalue weighted by atomic mass is 79.9. The van der Waals surface area contributed by atoms with Gasteiger partial charge in [-0.15, -0.1) is 11.3 Å². The Morgan fingerprint density at radius 1 is 1.40 bits per heavy atom. The topological polar surface area (TPSA) is 33.2 Å². The molecule has 0 aliphatic heterocycles. The highest BCUT2D eigenvalue weighted by molar-refractivity contribution is 9.12. The molecule has 0 bridgehead atoms. The second kappa shape index (κ2) is 7.45. The number of carbonyl (C=O) groups is 1. The number of aromatic nitrogens is 1. The number of hydrogen-bond acceptors (Lipinski definition) is 4. The maximum atomic E-state index is 12.2. The predicted molar refractivity (Wildman–Crippen MR) is 89.5 cm³/mol. The molecule has 0 N–H and O–H groups in total. The molecular formula is C14H14Br2N2OS. The van der Waals surface area contributed by atoms with Gasteiger partial charge in [0, 0.05) is 30.4 Å². The normalized spacial score (nSPS) is 11.0. The van der Waals surface area contributed by atoms with E-state index in [9.17, 15) is 4.79 Å². The molecule has 0 saturated heterocycles. The molecule has 2 aromatic rings. The molecule has 0 spiro atoms. The Balaban J connectivity index is 1.87. The van der Waals surface area contributed by atoms with Crippen molar-refractivity contribution in [2.45, 2.75) is 6.42 Å². The highest BCUT2D eigenvalue weighted by Crippen LogP contribution is 2.32. The minimum atomic E-state index is 0.127. The van der Waals surface area contributed by atoms with Crippen molar-refractivity contribution in [3.63, 3.8) is 0 Å². The molecule has 0 atom stereocenters. The molecule has 0 aliphatic rings. The Bertz CT molecular complexity index is 586. The van der Waals surface area contributed by atoms with Gasteiger partial charge in [0.25, 0.3) is 0 Å². The highest BCUT2D eigenvalue weighted by Gasteiger charge is 2.15. The molecule has 2 rings (SSSR count). The third kappa shape index (κ3) is 4.48. The van der Waals surface area contributed by atoms with Crippen molar-refractivity contribution < 1.29 is 4.79 Å². The predicted octanol–water partition coefficient (Wildman–Crippen LogP) is 4.03. The Kier molecular flexibility index (Phi) is 5.89. The summed E-state index contributed by atoms with van der Waals surface area (Å²) in [6.45, 7) is 1.22. The summed E-state index contributed by atoms with van der Waals surface area (Å²) in [5, 5.41) is 0. The second-order valence-corrected chi connectivity index (χ2v) is 8.22. The van der Waals surface area contributed by atoms with E-state index in [0.29, 0.717) is 6.54 Å². The van der Waals surface area contributed by atoms with Gasteiger partial charge in [-0.2, -0.15) is 0 Å². The van der Waals surface area contributed by atoms with Crippen LogP contribution in [0.4, 0.5) is 0 Å². The van der Waals surface area contributed by atoms with Crippen LogP contribution in [0.25, 0.3) is 0 Å². The quantitative estimate of drug-likeness (QED) is 0.665. The number of rotatable bonds is 6. The Morgan fingerprint density at radius 3 is 2.80 bits per heavy atom. The molecule has 3 nitrogen and oxygen atoms in total. The van der Waals surface area contributed by atoms with E-state index in [0.717, 1.165) is 31.8 Å². The van der Waals surface area contributed by atoms with E-state index in [1.54, 1.807) is 6.20 Å². The zero-order valence-corrected chi connectivity index (χ0v) is 15.0. The molecule has 2 aromatic heterocycles. The molecule has 20 heavy (non-hydrogen) atoms. The van der Waals surface area contributed by atoms with Crippen LogP contribution in [0.3, 0.4) is 0 Å². The van der Waals surface area contributed by atoms with Crippen LogP contribution in [-0.2, 0) is 6.42 Å². The van der Waals surface area contributed by atoms with E-state index in [1.807, 2.05) is 36.2 Å². The number of halogens is 2. The van der Waals surface area contributed by atoms with Gasteiger partial charge >= 0.3 is 0 Å². The molecule has 0 unspecified atom stereocenters. The fraction of sp³-hybridized carbons (Fsp3) is 0.286. The molecule has 106 valence electrons. The van der Waals surface area contributed by atoms with Gasteiger partial charge in [-0.3, -0.25) is 14.7 Å². The van der Waals surface area contributed by atoms with Crippen molar-refractivity contribution in [3.8, 4) is 0 Å². The summed E-state index contributed by atoms with van der Waals surface area (Å²) in [7, 11) is 1.95. The van der Waals surface area contributed by atoms with E-state index in [4.69, 9.17) is 0 Å². The average molecular weight is 418 g/mol.